The number of nitrogens with zero attached hydrogens (tertiary/aromatic N) is 2. The van der Waals surface area contributed by atoms with Gasteiger partial charge in [0.2, 0.25) is 0 Å². The van der Waals surface area contributed by atoms with Crippen LogP contribution >= 0.6 is 11.3 Å². The average molecular weight is 265 g/mol. The van der Waals surface area contributed by atoms with E-state index in [-0.39, 0.29) is 0 Å². The number of piperidine rings is 1. The zero-order chi connectivity index (χ0) is 12.5. The molecule has 1 saturated carbocycles. The zero-order valence-corrected chi connectivity index (χ0v) is 12.2. The first-order chi connectivity index (χ1) is 8.72. The number of rotatable bonds is 5. The fourth-order valence-electron chi connectivity index (χ4n) is 3.15. The second kappa shape index (κ2) is 5.17. The molecule has 100 valence electrons. The number of nitrogens with one attached hydrogen (secondary N) is 1. The highest BCUT2D eigenvalue weighted by molar-refractivity contribution is 7.15. The molecule has 2 unspecified atom stereocenters. The van der Waals surface area contributed by atoms with Crippen LogP contribution in [0.15, 0.2) is 6.20 Å². The summed E-state index contributed by atoms with van der Waals surface area (Å²) in [6.45, 7) is 7.79. The van der Waals surface area contributed by atoms with Crippen LogP contribution < -0.4 is 10.2 Å². The molecule has 0 amide bonds. The highest BCUT2D eigenvalue weighted by atomic mass is 32.1. The van der Waals surface area contributed by atoms with Gasteiger partial charge in [-0.05, 0) is 37.6 Å². The van der Waals surface area contributed by atoms with E-state index in [0.717, 1.165) is 25.0 Å². The van der Waals surface area contributed by atoms with Crippen LogP contribution in [0.25, 0.3) is 0 Å². The van der Waals surface area contributed by atoms with E-state index in [1.54, 1.807) is 0 Å². The molecule has 4 heteroatoms. The smallest absolute Gasteiger partial charge is 0.185 e. The van der Waals surface area contributed by atoms with Gasteiger partial charge in [-0.2, -0.15) is 0 Å². The Morgan fingerprint density at radius 2 is 2.39 bits per heavy atom. The van der Waals surface area contributed by atoms with Gasteiger partial charge in [-0.15, -0.1) is 11.3 Å². The molecule has 1 aliphatic carbocycles. The number of anilines is 1. The lowest BCUT2D eigenvalue weighted by atomic mass is 10.1. The molecular weight excluding hydrogens is 242 g/mol. The number of aromatic nitrogens is 1. The number of thiazole rings is 1. The molecule has 1 aromatic heterocycles. The summed E-state index contributed by atoms with van der Waals surface area (Å²) in [6.07, 6.45) is 6.28. The lowest BCUT2D eigenvalue weighted by Gasteiger charge is -2.26. The molecule has 18 heavy (non-hydrogen) atoms. The van der Waals surface area contributed by atoms with Crippen molar-refractivity contribution < 1.29 is 0 Å². The van der Waals surface area contributed by atoms with Crippen LogP contribution in [-0.4, -0.2) is 24.1 Å². The maximum Gasteiger partial charge on any atom is 0.185 e. The first-order valence-electron chi connectivity index (χ1n) is 7.14. The minimum absolute atomic E-state index is 0.715. The van der Waals surface area contributed by atoms with Crippen LogP contribution in [0.2, 0.25) is 0 Å². The molecular formula is C14H23N3S. The van der Waals surface area contributed by atoms with Crippen LogP contribution in [-0.2, 0) is 6.54 Å². The molecule has 0 aromatic carbocycles. The van der Waals surface area contributed by atoms with Crippen molar-refractivity contribution in [3.8, 4) is 0 Å². The van der Waals surface area contributed by atoms with Crippen molar-refractivity contribution in [3.05, 3.63) is 11.1 Å². The fourth-order valence-corrected chi connectivity index (χ4v) is 4.12. The molecule has 3 rings (SSSR count). The van der Waals surface area contributed by atoms with Gasteiger partial charge in [0.25, 0.3) is 0 Å². The van der Waals surface area contributed by atoms with Crippen LogP contribution in [0.1, 0.15) is 38.0 Å². The van der Waals surface area contributed by atoms with Crippen molar-refractivity contribution in [1.29, 1.82) is 0 Å². The maximum absolute atomic E-state index is 4.62. The Balaban J connectivity index is 1.56. The monoisotopic (exact) mass is 265 g/mol. The van der Waals surface area contributed by atoms with E-state index < -0.39 is 0 Å². The lowest BCUT2D eigenvalue weighted by Crippen LogP contribution is -2.31. The Morgan fingerprint density at radius 1 is 1.50 bits per heavy atom. The lowest BCUT2D eigenvalue weighted by molar-refractivity contribution is 0.553. The van der Waals surface area contributed by atoms with Gasteiger partial charge in [0.05, 0.1) is 0 Å². The Kier molecular flexibility index (Phi) is 3.57. The molecule has 3 nitrogen and oxygen atoms in total. The summed E-state index contributed by atoms with van der Waals surface area (Å²) in [4.78, 5) is 8.53. The highest BCUT2D eigenvalue weighted by Gasteiger charge is 2.38. The van der Waals surface area contributed by atoms with E-state index in [2.05, 4.69) is 35.2 Å². The van der Waals surface area contributed by atoms with E-state index in [1.807, 2.05) is 11.3 Å². The molecule has 1 aliphatic heterocycles. The number of hydrogen-bond donors (Lipinski definition) is 1. The first-order valence-corrected chi connectivity index (χ1v) is 7.96. The van der Waals surface area contributed by atoms with Gasteiger partial charge in [0.1, 0.15) is 0 Å². The van der Waals surface area contributed by atoms with Gasteiger partial charge in [0, 0.05) is 30.2 Å². The minimum Gasteiger partial charge on any atom is -0.345 e. The van der Waals surface area contributed by atoms with Crippen LogP contribution in [0, 0.1) is 11.8 Å². The number of fused-ring (bicyclic) bond motifs is 2. The van der Waals surface area contributed by atoms with E-state index in [1.165, 1.54) is 35.8 Å². The molecule has 2 heterocycles. The summed E-state index contributed by atoms with van der Waals surface area (Å²) in [5.74, 6) is 1.66. The Hall–Kier alpha value is -0.610. The third-order valence-corrected chi connectivity index (χ3v) is 5.08. The van der Waals surface area contributed by atoms with Crippen molar-refractivity contribution in [2.24, 2.45) is 11.8 Å². The second-order valence-corrected chi connectivity index (χ2v) is 7.21. The van der Waals surface area contributed by atoms with Gasteiger partial charge in [-0.1, -0.05) is 13.8 Å². The standard InChI is InChI=1S/C14H23N3S/c1-10(2)6-15-7-13-8-16-14(18-13)17-9-11-3-4-12(17)5-11/h8,10-12,15H,3-7,9H2,1-2H3. The van der Waals surface area contributed by atoms with Gasteiger partial charge < -0.3 is 10.2 Å². The number of hydrogen-bond acceptors (Lipinski definition) is 4. The normalized spacial score (nSPS) is 26.5. The Labute approximate surface area is 114 Å². The van der Waals surface area contributed by atoms with Crippen molar-refractivity contribution >= 4 is 16.5 Å². The first kappa shape index (κ1) is 12.4. The Bertz CT molecular complexity index is 401. The summed E-state index contributed by atoms with van der Waals surface area (Å²) < 4.78 is 0. The van der Waals surface area contributed by atoms with Crippen molar-refractivity contribution in [1.82, 2.24) is 10.3 Å². The summed E-state index contributed by atoms with van der Waals surface area (Å²) in [7, 11) is 0. The predicted octanol–water partition coefficient (Wildman–Crippen LogP) is 2.88. The second-order valence-electron chi connectivity index (χ2n) is 6.12. The van der Waals surface area contributed by atoms with Crippen LogP contribution in [0.4, 0.5) is 5.13 Å². The van der Waals surface area contributed by atoms with E-state index in [9.17, 15) is 0 Å². The molecule has 2 fully saturated rings. The summed E-state index contributed by atoms with van der Waals surface area (Å²) in [5.41, 5.74) is 0. The molecule has 0 spiro atoms. The summed E-state index contributed by atoms with van der Waals surface area (Å²) >= 11 is 1.87. The van der Waals surface area contributed by atoms with Crippen molar-refractivity contribution in [2.75, 3.05) is 18.0 Å². The summed E-state index contributed by atoms with van der Waals surface area (Å²) in [5, 5.41) is 4.74. The molecule has 1 aromatic rings. The largest absolute Gasteiger partial charge is 0.345 e. The zero-order valence-electron chi connectivity index (χ0n) is 11.4. The van der Waals surface area contributed by atoms with Crippen molar-refractivity contribution in [3.63, 3.8) is 0 Å². The highest BCUT2D eigenvalue weighted by Crippen LogP contribution is 2.41. The topological polar surface area (TPSA) is 28.2 Å². The Morgan fingerprint density at radius 3 is 3.06 bits per heavy atom. The minimum atomic E-state index is 0.715. The molecule has 0 radical (unpaired) electrons. The fraction of sp³-hybridized carbons (Fsp3) is 0.786. The van der Waals surface area contributed by atoms with Gasteiger partial charge in [-0.3, -0.25) is 0 Å². The van der Waals surface area contributed by atoms with E-state index >= 15 is 0 Å². The molecule has 2 aliphatic rings. The third kappa shape index (κ3) is 2.54. The van der Waals surface area contributed by atoms with Crippen LogP contribution in [0.3, 0.4) is 0 Å². The predicted molar refractivity (Wildman–Crippen MR) is 77.1 cm³/mol. The quantitative estimate of drug-likeness (QED) is 0.887. The average Bonchev–Trinajstić information content (AvgIpc) is 3.03. The van der Waals surface area contributed by atoms with Crippen LogP contribution in [0.5, 0.6) is 0 Å². The molecule has 2 atom stereocenters. The van der Waals surface area contributed by atoms with Crippen molar-refractivity contribution in [2.45, 2.75) is 45.7 Å². The maximum atomic E-state index is 4.62. The molecule has 2 bridgehead atoms. The van der Waals surface area contributed by atoms with Gasteiger partial charge in [0.15, 0.2) is 5.13 Å². The van der Waals surface area contributed by atoms with E-state index in [0.29, 0.717) is 5.92 Å². The van der Waals surface area contributed by atoms with E-state index in [4.69, 9.17) is 0 Å². The summed E-state index contributed by atoms with van der Waals surface area (Å²) in [6, 6.07) is 0.789. The SMILES string of the molecule is CC(C)CNCc1cnc(N2CC3CCC2C3)s1. The third-order valence-electron chi connectivity index (χ3n) is 4.05. The van der Waals surface area contributed by atoms with Gasteiger partial charge in [-0.25, -0.2) is 4.98 Å². The molecule has 1 N–H and O–H groups in total. The molecule has 1 saturated heterocycles. The van der Waals surface area contributed by atoms with Gasteiger partial charge >= 0.3 is 0 Å².